The number of nitrogens with zero attached hydrogens (tertiary/aromatic N) is 2. The lowest BCUT2D eigenvalue weighted by molar-refractivity contribution is -0.122. The number of hydrogen-bond acceptors (Lipinski definition) is 6. The first-order valence-electron chi connectivity index (χ1n) is 9.47. The standard InChI is InChI=1S/C18H23N3O6S/c22-17(19-11-13-4-3-9-26-13)12-21-15-6-5-14(10-16(15)27-18(21)23)28(24,25)20-7-1-2-8-20/h5-6,10,13H,1-4,7-9,11-12H2,(H,19,22). The van der Waals surface area contributed by atoms with Crippen LogP contribution in [0.1, 0.15) is 25.7 Å². The highest BCUT2D eigenvalue weighted by Crippen LogP contribution is 2.24. The molecular weight excluding hydrogens is 386 g/mol. The summed E-state index contributed by atoms with van der Waals surface area (Å²) in [6, 6.07) is 4.31. The molecule has 2 fully saturated rings. The molecule has 10 heteroatoms. The fourth-order valence-corrected chi connectivity index (χ4v) is 5.20. The van der Waals surface area contributed by atoms with Gasteiger partial charge in [-0.1, -0.05) is 0 Å². The molecule has 152 valence electrons. The van der Waals surface area contributed by atoms with Crippen LogP contribution in [0.3, 0.4) is 0 Å². The van der Waals surface area contributed by atoms with E-state index in [1.54, 1.807) is 0 Å². The number of aromatic nitrogens is 1. The summed E-state index contributed by atoms with van der Waals surface area (Å²) in [4.78, 5) is 24.5. The average molecular weight is 409 g/mol. The molecule has 2 aromatic rings. The normalized spacial score (nSPS) is 20.8. The van der Waals surface area contributed by atoms with Gasteiger partial charge in [0.05, 0.1) is 16.5 Å². The van der Waals surface area contributed by atoms with Gasteiger partial charge in [0.25, 0.3) is 0 Å². The molecule has 3 heterocycles. The third-order valence-electron chi connectivity index (χ3n) is 5.20. The number of carbonyl (C=O) groups is 1. The van der Waals surface area contributed by atoms with E-state index in [0.29, 0.717) is 31.8 Å². The summed E-state index contributed by atoms with van der Waals surface area (Å²) in [7, 11) is -3.61. The number of benzene rings is 1. The fraction of sp³-hybridized carbons (Fsp3) is 0.556. The third-order valence-corrected chi connectivity index (χ3v) is 7.09. The molecule has 1 unspecified atom stereocenters. The van der Waals surface area contributed by atoms with Gasteiger partial charge in [-0.25, -0.2) is 13.2 Å². The van der Waals surface area contributed by atoms with Gasteiger partial charge in [-0.2, -0.15) is 4.31 Å². The van der Waals surface area contributed by atoms with Crippen molar-refractivity contribution in [2.24, 2.45) is 0 Å². The van der Waals surface area contributed by atoms with Crippen LogP contribution in [0, 0.1) is 0 Å². The van der Waals surface area contributed by atoms with Gasteiger partial charge in [0, 0.05) is 32.3 Å². The van der Waals surface area contributed by atoms with Crippen LogP contribution in [0.15, 0.2) is 32.3 Å². The van der Waals surface area contributed by atoms with Crippen LogP contribution in [0.4, 0.5) is 0 Å². The summed E-state index contributed by atoms with van der Waals surface area (Å²) < 4.78 is 38.7. The SMILES string of the molecule is O=C(Cn1c(=O)oc2cc(S(=O)(=O)N3CCCC3)ccc21)NCC1CCCO1. The maximum Gasteiger partial charge on any atom is 0.420 e. The van der Waals surface area contributed by atoms with Gasteiger partial charge in [0.2, 0.25) is 15.9 Å². The van der Waals surface area contributed by atoms with Gasteiger partial charge in [0.1, 0.15) is 6.54 Å². The maximum atomic E-state index is 12.7. The second-order valence-electron chi connectivity index (χ2n) is 7.13. The molecule has 0 spiro atoms. The number of sulfonamides is 1. The van der Waals surface area contributed by atoms with Gasteiger partial charge in [-0.05, 0) is 37.8 Å². The molecule has 2 aliphatic rings. The van der Waals surface area contributed by atoms with Crippen molar-refractivity contribution in [1.29, 1.82) is 0 Å². The van der Waals surface area contributed by atoms with E-state index < -0.39 is 15.8 Å². The van der Waals surface area contributed by atoms with Gasteiger partial charge in [-0.3, -0.25) is 9.36 Å². The number of rotatable bonds is 6. The fourth-order valence-electron chi connectivity index (χ4n) is 3.67. The minimum absolute atomic E-state index is 0.0140. The van der Waals surface area contributed by atoms with Crippen molar-refractivity contribution < 1.29 is 22.4 Å². The number of ether oxygens (including phenoxy) is 1. The molecule has 1 amide bonds. The zero-order valence-electron chi connectivity index (χ0n) is 15.4. The molecule has 2 aliphatic heterocycles. The number of amides is 1. The largest absolute Gasteiger partial charge is 0.420 e. The predicted octanol–water partition coefficient (Wildman–Crippen LogP) is 0.674. The number of oxazole rings is 1. The quantitative estimate of drug-likeness (QED) is 0.751. The first-order valence-corrected chi connectivity index (χ1v) is 10.9. The van der Waals surface area contributed by atoms with E-state index in [2.05, 4.69) is 5.32 Å². The van der Waals surface area contributed by atoms with Crippen molar-refractivity contribution in [3.05, 3.63) is 28.7 Å². The highest BCUT2D eigenvalue weighted by molar-refractivity contribution is 7.89. The molecule has 2 saturated heterocycles. The van der Waals surface area contributed by atoms with Crippen molar-refractivity contribution >= 4 is 27.0 Å². The van der Waals surface area contributed by atoms with Crippen LogP contribution in [0.2, 0.25) is 0 Å². The summed E-state index contributed by atoms with van der Waals surface area (Å²) in [5.41, 5.74) is 0.537. The first-order chi connectivity index (χ1) is 13.4. The molecule has 9 nitrogen and oxygen atoms in total. The van der Waals surface area contributed by atoms with Crippen LogP contribution >= 0.6 is 0 Å². The molecule has 1 N–H and O–H groups in total. The van der Waals surface area contributed by atoms with Crippen LogP contribution in [0.5, 0.6) is 0 Å². The minimum atomic E-state index is -3.61. The highest BCUT2D eigenvalue weighted by Gasteiger charge is 2.28. The second-order valence-corrected chi connectivity index (χ2v) is 9.07. The minimum Gasteiger partial charge on any atom is -0.408 e. The van der Waals surface area contributed by atoms with Crippen LogP contribution < -0.4 is 11.1 Å². The Kier molecular flexibility index (Phi) is 5.26. The highest BCUT2D eigenvalue weighted by atomic mass is 32.2. The zero-order valence-corrected chi connectivity index (χ0v) is 16.2. The monoisotopic (exact) mass is 409 g/mol. The summed E-state index contributed by atoms with van der Waals surface area (Å²) >= 11 is 0. The van der Waals surface area contributed by atoms with E-state index in [-0.39, 0.29) is 29.0 Å². The number of hydrogen-bond donors (Lipinski definition) is 1. The predicted molar refractivity (Wildman–Crippen MR) is 100 cm³/mol. The topological polar surface area (TPSA) is 111 Å². The Morgan fingerprint density at radius 1 is 1.21 bits per heavy atom. The van der Waals surface area contributed by atoms with E-state index in [9.17, 15) is 18.0 Å². The van der Waals surface area contributed by atoms with Gasteiger partial charge in [-0.15, -0.1) is 0 Å². The molecule has 0 saturated carbocycles. The Hall–Kier alpha value is -2.17. The summed E-state index contributed by atoms with van der Waals surface area (Å²) in [6.45, 7) is 1.90. The number of nitrogens with one attached hydrogen (secondary N) is 1. The van der Waals surface area contributed by atoms with Crippen molar-refractivity contribution in [3.63, 3.8) is 0 Å². The second kappa shape index (κ2) is 7.69. The molecule has 0 aliphatic carbocycles. The number of carbonyl (C=O) groups excluding carboxylic acids is 1. The summed E-state index contributed by atoms with van der Waals surface area (Å²) in [6.07, 6.45) is 3.58. The molecule has 1 atom stereocenters. The zero-order chi connectivity index (χ0) is 19.7. The smallest absolute Gasteiger partial charge is 0.408 e. The van der Waals surface area contributed by atoms with Gasteiger partial charge >= 0.3 is 5.76 Å². The lowest BCUT2D eigenvalue weighted by atomic mass is 10.2. The van der Waals surface area contributed by atoms with Gasteiger partial charge in [0.15, 0.2) is 5.58 Å². The lowest BCUT2D eigenvalue weighted by Crippen LogP contribution is -2.35. The van der Waals surface area contributed by atoms with E-state index in [1.807, 2.05) is 0 Å². The van der Waals surface area contributed by atoms with E-state index in [4.69, 9.17) is 9.15 Å². The summed E-state index contributed by atoms with van der Waals surface area (Å²) in [5, 5.41) is 2.76. The average Bonchev–Trinajstić information content (AvgIpc) is 3.42. The van der Waals surface area contributed by atoms with Crippen LogP contribution in [0.25, 0.3) is 11.1 Å². The Balaban J connectivity index is 1.52. The van der Waals surface area contributed by atoms with Crippen LogP contribution in [-0.2, 0) is 26.1 Å². The molecular formula is C18H23N3O6S. The Labute approximate surface area is 162 Å². The maximum absolute atomic E-state index is 12.7. The molecule has 28 heavy (non-hydrogen) atoms. The molecule has 0 bridgehead atoms. The summed E-state index contributed by atoms with van der Waals surface area (Å²) in [5.74, 6) is -1.02. The van der Waals surface area contributed by atoms with E-state index >= 15 is 0 Å². The molecule has 4 rings (SSSR count). The van der Waals surface area contributed by atoms with E-state index in [0.717, 1.165) is 25.7 Å². The van der Waals surface area contributed by atoms with Crippen molar-refractivity contribution in [3.8, 4) is 0 Å². The van der Waals surface area contributed by atoms with Crippen molar-refractivity contribution in [2.45, 2.75) is 43.2 Å². The van der Waals surface area contributed by atoms with Crippen molar-refractivity contribution in [1.82, 2.24) is 14.2 Å². The molecule has 1 aromatic carbocycles. The Morgan fingerprint density at radius 2 is 2.00 bits per heavy atom. The first kappa shape index (κ1) is 19.2. The van der Waals surface area contributed by atoms with Crippen LogP contribution in [-0.4, -0.2) is 55.5 Å². The Bertz CT molecular complexity index is 1030. The van der Waals surface area contributed by atoms with Crippen molar-refractivity contribution in [2.75, 3.05) is 26.2 Å². The molecule has 1 aromatic heterocycles. The van der Waals surface area contributed by atoms with E-state index in [1.165, 1.54) is 27.1 Å². The Morgan fingerprint density at radius 3 is 2.71 bits per heavy atom. The molecule has 0 radical (unpaired) electrons. The lowest BCUT2D eigenvalue weighted by Gasteiger charge is -2.15. The number of fused-ring (bicyclic) bond motifs is 1. The van der Waals surface area contributed by atoms with Gasteiger partial charge < -0.3 is 14.5 Å². The third kappa shape index (κ3) is 3.71.